The zero-order valence-electron chi connectivity index (χ0n) is 7.60. The van der Waals surface area contributed by atoms with Gasteiger partial charge in [-0.05, 0) is 24.2 Å². The van der Waals surface area contributed by atoms with Gasteiger partial charge in [-0.3, -0.25) is 0 Å². The summed E-state index contributed by atoms with van der Waals surface area (Å²) < 4.78 is 5.31. The molecule has 1 heterocycles. The second-order valence-corrected chi connectivity index (χ2v) is 3.91. The molecule has 0 aromatic carbocycles. The molecule has 64 valence electrons. The van der Waals surface area contributed by atoms with Crippen molar-refractivity contribution in [1.29, 1.82) is 0 Å². The highest BCUT2D eigenvalue weighted by molar-refractivity contribution is 4.93. The van der Waals surface area contributed by atoms with Crippen molar-refractivity contribution in [3.63, 3.8) is 0 Å². The predicted octanol–water partition coefficient (Wildman–Crippen LogP) is 2.63. The van der Waals surface area contributed by atoms with Gasteiger partial charge in [0.15, 0.2) is 0 Å². The van der Waals surface area contributed by atoms with Gasteiger partial charge in [0.1, 0.15) is 0 Å². The van der Waals surface area contributed by atoms with Gasteiger partial charge in [-0.15, -0.1) is 6.58 Å². The quantitative estimate of drug-likeness (QED) is 0.555. The first-order valence-corrected chi connectivity index (χ1v) is 4.38. The van der Waals surface area contributed by atoms with Crippen molar-refractivity contribution in [3.05, 3.63) is 12.7 Å². The van der Waals surface area contributed by atoms with Crippen LogP contribution >= 0.6 is 0 Å². The summed E-state index contributed by atoms with van der Waals surface area (Å²) in [5.41, 5.74) is 0.295. The van der Waals surface area contributed by atoms with Crippen LogP contribution in [0.1, 0.15) is 26.7 Å². The highest BCUT2D eigenvalue weighted by Gasteiger charge is 2.27. The first-order chi connectivity index (χ1) is 5.17. The number of hydrogen-bond donors (Lipinski definition) is 0. The zero-order chi connectivity index (χ0) is 8.32. The summed E-state index contributed by atoms with van der Waals surface area (Å²) >= 11 is 0. The van der Waals surface area contributed by atoms with Crippen LogP contribution in [0.4, 0.5) is 0 Å². The summed E-state index contributed by atoms with van der Waals surface area (Å²) in [6, 6.07) is 0. The van der Waals surface area contributed by atoms with E-state index in [1.165, 1.54) is 12.8 Å². The summed E-state index contributed by atoms with van der Waals surface area (Å²) in [5, 5.41) is 0. The van der Waals surface area contributed by atoms with E-state index in [9.17, 15) is 0 Å². The smallest absolute Gasteiger partial charge is 0.0469 e. The van der Waals surface area contributed by atoms with E-state index in [0.717, 1.165) is 19.1 Å². The van der Waals surface area contributed by atoms with Gasteiger partial charge in [0.25, 0.3) is 0 Å². The van der Waals surface area contributed by atoms with Crippen LogP contribution in [-0.2, 0) is 4.74 Å². The molecule has 1 nitrogen and oxygen atoms in total. The molecule has 0 bridgehead atoms. The maximum Gasteiger partial charge on any atom is 0.0469 e. The van der Waals surface area contributed by atoms with Crippen LogP contribution in [0.25, 0.3) is 0 Å². The van der Waals surface area contributed by atoms with Crippen molar-refractivity contribution in [2.24, 2.45) is 11.3 Å². The molecule has 1 fully saturated rings. The van der Waals surface area contributed by atoms with Gasteiger partial charge in [-0.2, -0.15) is 0 Å². The molecule has 0 amide bonds. The molecule has 0 spiro atoms. The molecule has 1 saturated heterocycles. The Hall–Kier alpha value is -0.300. The Bertz CT molecular complexity index is 132. The predicted molar refractivity (Wildman–Crippen MR) is 47.5 cm³/mol. The molecular formula is C10H18O. The third-order valence-electron chi connectivity index (χ3n) is 2.80. The van der Waals surface area contributed by atoms with E-state index < -0.39 is 0 Å². The monoisotopic (exact) mass is 154 g/mol. The molecule has 0 aliphatic carbocycles. The molecule has 0 radical (unpaired) electrons. The first-order valence-electron chi connectivity index (χ1n) is 4.38. The minimum atomic E-state index is 0.295. The van der Waals surface area contributed by atoms with Gasteiger partial charge in [0.2, 0.25) is 0 Å². The highest BCUT2D eigenvalue weighted by Crippen LogP contribution is 2.34. The summed E-state index contributed by atoms with van der Waals surface area (Å²) in [6.07, 6.45) is 4.46. The lowest BCUT2D eigenvalue weighted by molar-refractivity contribution is 0.0367. The van der Waals surface area contributed by atoms with Crippen LogP contribution in [0.15, 0.2) is 12.7 Å². The molecule has 0 aromatic heterocycles. The largest absolute Gasteiger partial charge is 0.381 e. The Morgan fingerprint density at radius 3 is 2.36 bits per heavy atom. The molecule has 0 aromatic rings. The van der Waals surface area contributed by atoms with Crippen LogP contribution < -0.4 is 0 Å². The number of ether oxygens (including phenoxy) is 1. The van der Waals surface area contributed by atoms with Crippen LogP contribution in [0.5, 0.6) is 0 Å². The highest BCUT2D eigenvalue weighted by atomic mass is 16.5. The summed E-state index contributed by atoms with van der Waals surface area (Å²) in [6.45, 7) is 10.3. The fraction of sp³-hybridized carbons (Fsp3) is 0.800. The molecule has 0 atom stereocenters. The molecule has 0 N–H and O–H groups in total. The lowest BCUT2D eigenvalue weighted by atomic mass is 9.75. The van der Waals surface area contributed by atoms with E-state index in [0.29, 0.717) is 5.41 Å². The van der Waals surface area contributed by atoms with Crippen molar-refractivity contribution in [1.82, 2.24) is 0 Å². The van der Waals surface area contributed by atoms with Crippen molar-refractivity contribution < 1.29 is 4.74 Å². The van der Waals surface area contributed by atoms with E-state index >= 15 is 0 Å². The minimum absolute atomic E-state index is 0.295. The SMILES string of the molecule is C=CC(C)(C)C1CCOCC1. The molecule has 11 heavy (non-hydrogen) atoms. The molecule has 1 aliphatic heterocycles. The van der Waals surface area contributed by atoms with Crippen LogP contribution in [0.2, 0.25) is 0 Å². The molecular weight excluding hydrogens is 136 g/mol. The summed E-state index contributed by atoms with van der Waals surface area (Å²) in [4.78, 5) is 0. The third kappa shape index (κ3) is 2.06. The average Bonchev–Trinajstić information content (AvgIpc) is 2.06. The van der Waals surface area contributed by atoms with E-state index in [1.807, 2.05) is 0 Å². The minimum Gasteiger partial charge on any atom is -0.381 e. The fourth-order valence-corrected chi connectivity index (χ4v) is 1.61. The Morgan fingerprint density at radius 2 is 1.91 bits per heavy atom. The zero-order valence-corrected chi connectivity index (χ0v) is 7.60. The summed E-state index contributed by atoms with van der Waals surface area (Å²) in [5.74, 6) is 0.772. The Kier molecular flexibility index (Phi) is 2.72. The lowest BCUT2D eigenvalue weighted by Crippen LogP contribution is -2.28. The van der Waals surface area contributed by atoms with Gasteiger partial charge >= 0.3 is 0 Å². The van der Waals surface area contributed by atoms with Crippen LogP contribution in [-0.4, -0.2) is 13.2 Å². The summed E-state index contributed by atoms with van der Waals surface area (Å²) in [7, 11) is 0. The molecule has 1 heteroatoms. The van der Waals surface area contributed by atoms with E-state index in [1.54, 1.807) is 0 Å². The van der Waals surface area contributed by atoms with Crippen molar-refractivity contribution in [3.8, 4) is 0 Å². The van der Waals surface area contributed by atoms with Gasteiger partial charge in [-0.1, -0.05) is 19.9 Å². The second-order valence-electron chi connectivity index (χ2n) is 3.91. The van der Waals surface area contributed by atoms with Gasteiger partial charge in [0, 0.05) is 13.2 Å². The van der Waals surface area contributed by atoms with Crippen molar-refractivity contribution in [2.75, 3.05) is 13.2 Å². The van der Waals surface area contributed by atoms with E-state index in [4.69, 9.17) is 4.74 Å². The van der Waals surface area contributed by atoms with Crippen LogP contribution in [0, 0.1) is 11.3 Å². The maximum atomic E-state index is 5.31. The Balaban J connectivity index is 2.50. The lowest BCUT2D eigenvalue weighted by Gasteiger charge is -2.34. The van der Waals surface area contributed by atoms with Crippen molar-refractivity contribution >= 4 is 0 Å². The number of hydrogen-bond acceptors (Lipinski definition) is 1. The maximum absolute atomic E-state index is 5.31. The van der Waals surface area contributed by atoms with Gasteiger partial charge < -0.3 is 4.74 Å². The van der Waals surface area contributed by atoms with Gasteiger partial charge in [0.05, 0.1) is 0 Å². The average molecular weight is 154 g/mol. The van der Waals surface area contributed by atoms with E-state index in [-0.39, 0.29) is 0 Å². The Morgan fingerprint density at radius 1 is 1.36 bits per heavy atom. The first kappa shape index (κ1) is 8.79. The number of allylic oxidation sites excluding steroid dienone is 1. The number of rotatable bonds is 2. The topological polar surface area (TPSA) is 9.23 Å². The normalized spacial score (nSPS) is 21.6. The van der Waals surface area contributed by atoms with Crippen LogP contribution in [0.3, 0.4) is 0 Å². The standard InChI is InChI=1S/C10H18O/c1-4-10(2,3)9-5-7-11-8-6-9/h4,9H,1,5-8H2,2-3H3. The molecule has 1 rings (SSSR count). The second kappa shape index (κ2) is 3.40. The molecule has 0 saturated carbocycles. The van der Waals surface area contributed by atoms with Gasteiger partial charge in [-0.25, -0.2) is 0 Å². The Labute approximate surface area is 69.4 Å². The molecule has 1 aliphatic rings. The third-order valence-corrected chi connectivity index (χ3v) is 2.80. The molecule has 0 unspecified atom stereocenters. The van der Waals surface area contributed by atoms with Crippen molar-refractivity contribution in [2.45, 2.75) is 26.7 Å². The fourth-order valence-electron chi connectivity index (χ4n) is 1.61. The van der Waals surface area contributed by atoms with E-state index in [2.05, 4.69) is 26.5 Å².